The highest BCUT2D eigenvalue weighted by molar-refractivity contribution is 6.00. The average molecular weight is 513 g/mol. The van der Waals surface area contributed by atoms with E-state index >= 15 is 0 Å². The van der Waals surface area contributed by atoms with Crippen LogP contribution in [0.1, 0.15) is 44.9 Å². The lowest BCUT2D eigenvalue weighted by Gasteiger charge is -2.32. The van der Waals surface area contributed by atoms with Crippen molar-refractivity contribution in [1.82, 2.24) is 10.2 Å². The Morgan fingerprint density at radius 1 is 1.05 bits per heavy atom. The first-order valence-electron chi connectivity index (χ1n) is 12.2. The van der Waals surface area contributed by atoms with Gasteiger partial charge in [-0.25, -0.2) is 4.79 Å². The summed E-state index contributed by atoms with van der Waals surface area (Å²) in [4.78, 5) is 40.7. The molecule has 0 heterocycles. The van der Waals surface area contributed by atoms with Crippen LogP contribution in [0.5, 0.6) is 0 Å². The zero-order chi connectivity index (χ0) is 27.9. The summed E-state index contributed by atoms with van der Waals surface area (Å²) in [6, 6.07) is 20.0. The second-order valence-electron chi connectivity index (χ2n) is 9.82. The van der Waals surface area contributed by atoms with Gasteiger partial charge >= 0.3 is 6.09 Å². The zero-order valence-corrected chi connectivity index (χ0v) is 22.0. The number of nitrogens with zero attached hydrogens (tertiary/aromatic N) is 2. The van der Waals surface area contributed by atoms with E-state index in [9.17, 15) is 19.6 Å². The Kier molecular flexibility index (Phi) is 8.87. The second-order valence-corrected chi connectivity index (χ2v) is 9.82. The van der Waals surface area contributed by atoms with Gasteiger partial charge in [-0.15, -0.1) is 0 Å². The number of hydrogen-bond acceptors (Lipinski definition) is 5. The number of nitriles is 1. The number of carbonyl (C=O) groups excluding carboxylic acids is 3. The standard InChI is InChI=1S/C30H32N4O4/c1-6-21-10-9-13-24(18-21)26(27(35)33-25-15-14-22-11-7-8-12-23(22)19-25)34(17-16-31)28(36)20(2)32-29(37)38-30(3,4)5/h6-15,18-20,26H,1,17H2,2-5H3,(H,32,37)(H,33,35). The fraction of sp³-hybridized carbons (Fsp3) is 0.267. The number of anilines is 1. The number of hydrogen-bond donors (Lipinski definition) is 2. The lowest BCUT2D eigenvalue weighted by Crippen LogP contribution is -2.51. The lowest BCUT2D eigenvalue weighted by molar-refractivity contribution is -0.139. The number of ether oxygens (including phenoxy) is 1. The molecule has 8 nitrogen and oxygen atoms in total. The Hall–Kier alpha value is -4.64. The van der Waals surface area contributed by atoms with Gasteiger partial charge in [-0.05, 0) is 67.8 Å². The summed E-state index contributed by atoms with van der Waals surface area (Å²) in [5, 5.41) is 16.9. The van der Waals surface area contributed by atoms with Crippen LogP contribution in [0.2, 0.25) is 0 Å². The highest BCUT2D eigenvalue weighted by Crippen LogP contribution is 2.26. The van der Waals surface area contributed by atoms with E-state index in [1.165, 1.54) is 6.92 Å². The summed E-state index contributed by atoms with van der Waals surface area (Å²) < 4.78 is 5.26. The predicted octanol–water partition coefficient (Wildman–Crippen LogP) is 5.43. The van der Waals surface area contributed by atoms with Gasteiger partial charge in [0.1, 0.15) is 24.2 Å². The van der Waals surface area contributed by atoms with Crippen molar-refractivity contribution in [2.75, 3.05) is 11.9 Å². The van der Waals surface area contributed by atoms with E-state index in [1.807, 2.05) is 48.5 Å². The van der Waals surface area contributed by atoms with Crippen LogP contribution in [-0.4, -0.2) is 41.0 Å². The molecule has 3 aromatic rings. The van der Waals surface area contributed by atoms with Crippen molar-refractivity contribution < 1.29 is 19.1 Å². The maximum atomic E-state index is 13.7. The van der Waals surface area contributed by atoms with Gasteiger partial charge in [-0.2, -0.15) is 5.26 Å². The van der Waals surface area contributed by atoms with E-state index in [4.69, 9.17) is 4.74 Å². The Morgan fingerprint density at radius 3 is 2.42 bits per heavy atom. The van der Waals surface area contributed by atoms with E-state index in [2.05, 4.69) is 17.2 Å². The highest BCUT2D eigenvalue weighted by atomic mass is 16.6. The smallest absolute Gasteiger partial charge is 0.408 e. The molecule has 0 fully saturated rings. The van der Waals surface area contributed by atoms with Crippen molar-refractivity contribution in [3.63, 3.8) is 0 Å². The minimum atomic E-state index is -1.16. The van der Waals surface area contributed by atoms with E-state index in [-0.39, 0.29) is 6.54 Å². The van der Waals surface area contributed by atoms with Crippen LogP contribution >= 0.6 is 0 Å². The number of amides is 3. The topological polar surface area (TPSA) is 112 Å². The molecule has 3 aromatic carbocycles. The minimum Gasteiger partial charge on any atom is -0.444 e. The van der Waals surface area contributed by atoms with Crippen LogP contribution in [0.15, 0.2) is 73.3 Å². The molecule has 0 radical (unpaired) electrons. The Morgan fingerprint density at radius 2 is 1.76 bits per heavy atom. The molecule has 0 aliphatic rings. The van der Waals surface area contributed by atoms with E-state index in [0.717, 1.165) is 21.2 Å². The molecule has 8 heteroatoms. The zero-order valence-electron chi connectivity index (χ0n) is 22.0. The first kappa shape index (κ1) is 27.9. The average Bonchev–Trinajstić information content (AvgIpc) is 2.86. The van der Waals surface area contributed by atoms with Gasteiger partial charge in [0, 0.05) is 5.69 Å². The molecule has 0 saturated heterocycles. The van der Waals surface area contributed by atoms with Crippen molar-refractivity contribution in [3.05, 3.63) is 84.4 Å². The van der Waals surface area contributed by atoms with Crippen molar-refractivity contribution in [3.8, 4) is 6.07 Å². The largest absolute Gasteiger partial charge is 0.444 e. The molecule has 0 bridgehead atoms. The van der Waals surface area contributed by atoms with Crippen LogP contribution in [0, 0.1) is 11.3 Å². The Bertz CT molecular complexity index is 1390. The van der Waals surface area contributed by atoms with E-state index in [0.29, 0.717) is 11.3 Å². The van der Waals surface area contributed by atoms with Crippen molar-refractivity contribution in [1.29, 1.82) is 5.26 Å². The van der Waals surface area contributed by atoms with E-state index in [1.54, 1.807) is 51.1 Å². The minimum absolute atomic E-state index is 0.382. The van der Waals surface area contributed by atoms with Gasteiger partial charge in [0.25, 0.3) is 5.91 Å². The van der Waals surface area contributed by atoms with Gasteiger partial charge in [0.05, 0.1) is 6.07 Å². The van der Waals surface area contributed by atoms with Gasteiger partial charge in [-0.1, -0.05) is 61.2 Å². The summed E-state index contributed by atoms with van der Waals surface area (Å²) >= 11 is 0. The first-order chi connectivity index (χ1) is 18.0. The third kappa shape index (κ3) is 7.20. The number of benzene rings is 3. The Balaban J connectivity index is 1.96. The fourth-order valence-corrected chi connectivity index (χ4v) is 3.97. The molecular weight excluding hydrogens is 480 g/mol. The molecule has 3 amide bonds. The molecule has 0 aromatic heterocycles. The third-order valence-corrected chi connectivity index (χ3v) is 5.67. The number of nitrogens with one attached hydrogen (secondary N) is 2. The van der Waals surface area contributed by atoms with Crippen LogP contribution in [0.25, 0.3) is 16.8 Å². The van der Waals surface area contributed by atoms with Crippen molar-refractivity contribution >= 4 is 40.4 Å². The molecule has 2 N–H and O–H groups in total. The molecule has 0 aliphatic heterocycles. The quantitative estimate of drug-likeness (QED) is 0.391. The van der Waals surface area contributed by atoms with Crippen LogP contribution < -0.4 is 10.6 Å². The molecule has 2 atom stereocenters. The number of fused-ring (bicyclic) bond motifs is 1. The molecule has 0 aliphatic carbocycles. The normalized spacial score (nSPS) is 12.5. The number of carbonyl (C=O) groups is 3. The van der Waals surface area contributed by atoms with Crippen LogP contribution in [-0.2, 0) is 14.3 Å². The van der Waals surface area contributed by atoms with Crippen LogP contribution in [0.3, 0.4) is 0 Å². The van der Waals surface area contributed by atoms with Gasteiger partial charge < -0.3 is 20.3 Å². The second kappa shape index (κ2) is 12.1. The SMILES string of the molecule is C=Cc1cccc(C(C(=O)Nc2ccc3ccccc3c2)N(CC#N)C(=O)C(C)NC(=O)OC(C)(C)C)c1. The molecule has 2 unspecified atom stereocenters. The van der Waals surface area contributed by atoms with Crippen molar-refractivity contribution in [2.24, 2.45) is 0 Å². The summed E-state index contributed by atoms with van der Waals surface area (Å²) in [6.07, 6.45) is 0.853. The van der Waals surface area contributed by atoms with E-state index < -0.39 is 35.6 Å². The monoisotopic (exact) mass is 512 g/mol. The molecule has 38 heavy (non-hydrogen) atoms. The fourth-order valence-electron chi connectivity index (χ4n) is 3.97. The molecule has 0 saturated carbocycles. The summed E-state index contributed by atoms with van der Waals surface area (Å²) in [5.41, 5.74) is 1.03. The lowest BCUT2D eigenvalue weighted by atomic mass is 10.00. The predicted molar refractivity (Wildman–Crippen MR) is 148 cm³/mol. The third-order valence-electron chi connectivity index (χ3n) is 5.67. The molecule has 3 rings (SSSR count). The maximum Gasteiger partial charge on any atom is 0.408 e. The number of alkyl carbamates (subject to hydrolysis) is 1. The highest BCUT2D eigenvalue weighted by Gasteiger charge is 2.35. The summed E-state index contributed by atoms with van der Waals surface area (Å²) in [6.45, 7) is 10.0. The first-order valence-corrected chi connectivity index (χ1v) is 12.2. The van der Waals surface area contributed by atoms with Gasteiger partial charge in [-0.3, -0.25) is 9.59 Å². The van der Waals surface area contributed by atoms with Crippen molar-refractivity contribution in [2.45, 2.75) is 45.4 Å². The maximum absolute atomic E-state index is 13.7. The summed E-state index contributed by atoms with van der Waals surface area (Å²) in [5.74, 6) is -1.12. The molecule has 196 valence electrons. The van der Waals surface area contributed by atoms with Crippen LogP contribution in [0.4, 0.5) is 10.5 Å². The summed E-state index contributed by atoms with van der Waals surface area (Å²) in [7, 11) is 0. The Labute approximate surface area is 222 Å². The van der Waals surface area contributed by atoms with Gasteiger partial charge in [0.15, 0.2) is 0 Å². The molecular formula is C30H32N4O4. The molecule has 0 spiro atoms. The van der Waals surface area contributed by atoms with Gasteiger partial charge in [0.2, 0.25) is 5.91 Å². The number of rotatable bonds is 8.